The van der Waals surface area contributed by atoms with E-state index in [0.717, 1.165) is 10.4 Å². The minimum absolute atomic E-state index is 0.0614. The quantitative estimate of drug-likeness (QED) is 0.358. The molecule has 0 atom stereocenters. The third-order valence-corrected chi connectivity index (χ3v) is 6.13. The molecule has 3 rings (SSSR count). The number of hydrogen-bond acceptors (Lipinski definition) is 5. The smallest absolute Gasteiger partial charge is 0.322 e. The number of nitrogens with one attached hydrogen (secondary N) is 1. The molecule has 8 heteroatoms. The SMILES string of the molecule is CCOCCCN(CC(=O)N(Cc1ccccc1)Cc1cccs1)C(=O)Nc1cccc(C#N)c1. The van der Waals surface area contributed by atoms with Gasteiger partial charge in [-0.15, -0.1) is 11.3 Å². The molecule has 1 heterocycles. The van der Waals surface area contributed by atoms with Crippen LogP contribution in [0.4, 0.5) is 10.5 Å². The molecule has 0 fully saturated rings. The Kier molecular flexibility index (Phi) is 10.3. The lowest BCUT2D eigenvalue weighted by atomic mass is 10.2. The number of carbonyl (C=O) groups excluding carboxylic acids is 2. The first-order valence-electron chi connectivity index (χ1n) is 11.6. The van der Waals surface area contributed by atoms with Crippen molar-refractivity contribution in [3.63, 3.8) is 0 Å². The number of hydrogen-bond donors (Lipinski definition) is 1. The summed E-state index contributed by atoms with van der Waals surface area (Å²) < 4.78 is 5.43. The monoisotopic (exact) mass is 490 g/mol. The van der Waals surface area contributed by atoms with Crippen LogP contribution in [0, 0.1) is 11.3 Å². The number of rotatable bonds is 12. The Labute approximate surface area is 210 Å². The summed E-state index contributed by atoms with van der Waals surface area (Å²) in [6.45, 7) is 4.25. The highest BCUT2D eigenvalue weighted by molar-refractivity contribution is 7.09. The summed E-state index contributed by atoms with van der Waals surface area (Å²) in [7, 11) is 0. The average molecular weight is 491 g/mol. The number of ether oxygens (including phenoxy) is 1. The fraction of sp³-hybridized carbons (Fsp3) is 0.296. The van der Waals surface area contributed by atoms with Gasteiger partial charge in [-0.25, -0.2) is 4.79 Å². The van der Waals surface area contributed by atoms with E-state index >= 15 is 0 Å². The van der Waals surface area contributed by atoms with Crippen molar-refractivity contribution in [1.82, 2.24) is 9.80 Å². The summed E-state index contributed by atoms with van der Waals surface area (Å²) in [5.74, 6) is -0.139. The Morgan fingerprint density at radius 2 is 1.86 bits per heavy atom. The molecule has 0 radical (unpaired) electrons. The lowest BCUT2D eigenvalue weighted by molar-refractivity contribution is -0.133. The zero-order valence-electron chi connectivity index (χ0n) is 19.9. The third kappa shape index (κ3) is 8.56. The van der Waals surface area contributed by atoms with Crippen molar-refractivity contribution in [2.24, 2.45) is 0 Å². The molecule has 35 heavy (non-hydrogen) atoms. The second-order valence-corrected chi connectivity index (χ2v) is 8.94. The number of thiophene rings is 1. The second kappa shape index (κ2) is 13.9. The predicted molar refractivity (Wildman–Crippen MR) is 138 cm³/mol. The Morgan fingerprint density at radius 3 is 2.57 bits per heavy atom. The fourth-order valence-electron chi connectivity index (χ4n) is 3.51. The highest BCUT2D eigenvalue weighted by Crippen LogP contribution is 2.16. The summed E-state index contributed by atoms with van der Waals surface area (Å²) in [4.78, 5) is 31.0. The molecule has 0 saturated heterocycles. The molecule has 1 aromatic heterocycles. The molecule has 3 amide bonds. The van der Waals surface area contributed by atoms with Crippen molar-refractivity contribution in [2.45, 2.75) is 26.4 Å². The Hall–Kier alpha value is -3.67. The second-order valence-electron chi connectivity index (χ2n) is 7.91. The molecular weight excluding hydrogens is 460 g/mol. The standard InChI is InChI=1S/C27H30N4O3S/c1-2-34-15-8-14-30(27(33)29-24-12-6-11-23(17-24)18-28)21-26(32)31(20-25-13-7-16-35-25)19-22-9-4-3-5-10-22/h3-7,9-13,16-17H,2,8,14-15,19-21H2,1H3,(H,29,33). The number of carbonyl (C=O) groups is 2. The number of amides is 3. The molecule has 182 valence electrons. The van der Waals surface area contributed by atoms with Gasteiger partial charge in [0, 0.05) is 36.9 Å². The van der Waals surface area contributed by atoms with Crippen molar-refractivity contribution >= 4 is 29.0 Å². The molecule has 2 aromatic carbocycles. The minimum atomic E-state index is -0.388. The van der Waals surface area contributed by atoms with E-state index in [1.54, 1.807) is 40.5 Å². The topological polar surface area (TPSA) is 85.7 Å². The zero-order valence-corrected chi connectivity index (χ0v) is 20.7. The Balaban J connectivity index is 1.74. The largest absolute Gasteiger partial charge is 0.382 e. The molecule has 3 aromatic rings. The maximum Gasteiger partial charge on any atom is 0.322 e. The van der Waals surface area contributed by atoms with Crippen LogP contribution in [0.1, 0.15) is 29.3 Å². The first-order chi connectivity index (χ1) is 17.1. The van der Waals surface area contributed by atoms with Crippen LogP contribution in [-0.4, -0.2) is 48.0 Å². The van der Waals surface area contributed by atoms with Crippen molar-refractivity contribution in [1.29, 1.82) is 5.26 Å². The normalized spacial score (nSPS) is 10.4. The van der Waals surface area contributed by atoms with Gasteiger partial charge >= 0.3 is 6.03 Å². The number of anilines is 1. The van der Waals surface area contributed by atoms with Crippen molar-refractivity contribution in [2.75, 3.05) is 31.6 Å². The molecule has 0 aliphatic rings. The van der Waals surface area contributed by atoms with Gasteiger partial charge in [-0.2, -0.15) is 5.26 Å². The third-order valence-electron chi connectivity index (χ3n) is 5.27. The van der Waals surface area contributed by atoms with Crippen LogP contribution in [0.15, 0.2) is 72.1 Å². The molecule has 0 aliphatic carbocycles. The molecule has 0 saturated carbocycles. The number of benzene rings is 2. The van der Waals surface area contributed by atoms with Crippen LogP contribution >= 0.6 is 11.3 Å². The van der Waals surface area contributed by atoms with E-state index in [2.05, 4.69) is 11.4 Å². The van der Waals surface area contributed by atoms with Crippen LogP contribution < -0.4 is 5.32 Å². The number of nitriles is 1. The lowest BCUT2D eigenvalue weighted by Crippen LogP contribution is -2.44. The first-order valence-corrected chi connectivity index (χ1v) is 12.4. The maximum atomic E-state index is 13.5. The highest BCUT2D eigenvalue weighted by Gasteiger charge is 2.22. The van der Waals surface area contributed by atoms with Crippen molar-refractivity contribution < 1.29 is 14.3 Å². The summed E-state index contributed by atoms with van der Waals surface area (Å²) >= 11 is 1.60. The van der Waals surface area contributed by atoms with Gasteiger partial charge in [-0.1, -0.05) is 42.5 Å². The minimum Gasteiger partial charge on any atom is -0.382 e. The van der Waals surface area contributed by atoms with Gasteiger partial charge in [0.2, 0.25) is 5.91 Å². The van der Waals surface area contributed by atoms with Crippen LogP contribution in [0.3, 0.4) is 0 Å². The van der Waals surface area contributed by atoms with Crippen molar-refractivity contribution in [3.05, 3.63) is 88.1 Å². The molecule has 0 bridgehead atoms. The van der Waals surface area contributed by atoms with Crippen LogP contribution in [-0.2, 0) is 22.6 Å². The van der Waals surface area contributed by atoms with Gasteiger partial charge in [-0.3, -0.25) is 4.79 Å². The van der Waals surface area contributed by atoms with Gasteiger partial charge in [0.15, 0.2) is 0 Å². The van der Waals surface area contributed by atoms with Crippen molar-refractivity contribution in [3.8, 4) is 6.07 Å². The molecule has 1 N–H and O–H groups in total. The summed E-state index contributed by atoms with van der Waals surface area (Å²) in [6, 6.07) is 22.2. The molecule has 0 aliphatic heterocycles. The van der Waals surface area contributed by atoms with Crippen LogP contribution in [0.5, 0.6) is 0 Å². The van der Waals surface area contributed by atoms with E-state index in [9.17, 15) is 9.59 Å². The van der Waals surface area contributed by atoms with Crippen LogP contribution in [0.25, 0.3) is 0 Å². The number of nitrogens with zero attached hydrogens (tertiary/aromatic N) is 3. The van der Waals surface area contributed by atoms with E-state index in [0.29, 0.717) is 50.5 Å². The van der Waals surface area contributed by atoms with Gasteiger partial charge in [-0.05, 0) is 48.6 Å². The van der Waals surface area contributed by atoms with Gasteiger partial charge in [0.05, 0.1) is 18.2 Å². The highest BCUT2D eigenvalue weighted by atomic mass is 32.1. The van der Waals surface area contributed by atoms with E-state index in [-0.39, 0.29) is 18.5 Å². The summed E-state index contributed by atoms with van der Waals surface area (Å²) in [5.41, 5.74) is 1.99. The Bertz CT molecular complexity index is 1110. The average Bonchev–Trinajstić information content (AvgIpc) is 3.39. The lowest BCUT2D eigenvalue weighted by Gasteiger charge is -2.28. The molecular formula is C27H30N4O3S. The van der Waals surface area contributed by atoms with E-state index in [1.807, 2.05) is 54.8 Å². The molecule has 0 spiro atoms. The summed E-state index contributed by atoms with van der Waals surface area (Å²) in [6.07, 6.45) is 0.608. The molecule has 0 unspecified atom stereocenters. The fourth-order valence-corrected chi connectivity index (χ4v) is 4.23. The predicted octanol–water partition coefficient (Wildman–Crippen LogP) is 5.11. The van der Waals surface area contributed by atoms with Crippen LogP contribution in [0.2, 0.25) is 0 Å². The zero-order chi connectivity index (χ0) is 24.9. The summed E-state index contributed by atoms with van der Waals surface area (Å²) in [5, 5.41) is 14.0. The molecule has 7 nitrogen and oxygen atoms in total. The van der Waals surface area contributed by atoms with E-state index in [1.165, 1.54) is 4.90 Å². The van der Waals surface area contributed by atoms with Gasteiger partial charge < -0.3 is 19.9 Å². The van der Waals surface area contributed by atoms with E-state index in [4.69, 9.17) is 10.00 Å². The Morgan fingerprint density at radius 1 is 1.03 bits per heavy atom. The maximum absolute atomic E-state index is 13.5. The first kappa shape index (κ1) is 25.9. The van der Waals surface area contributed by atoms with Gasteiger partial charge in [0.1, 0.15) is 6.54 Å². The number of urea groups is 1. The van der Waals surface area contributed by atoms with E-state index < -0.39 is 0 Å². The van der Waals surface area contributed by atoms with Gasteiger partial charge in [0.25, 0.3) is 0 Å².